The summed E-state index contributed by atoms with van der Waals surface area (Å²) in [5.41, 5.74) is 3.38. The van der Waals surface area contributed by atoms with E-state index >= 15 is 0 Å². The van der Waals surface area contributed by atoms with E-state index in [-0.39, 0.29) is 10.9 Å². The van der Waals surface area contributed by atoms with Crippen molar-refractivity contribution in [3.8, 4) is 5.69 Å². The number of nitrogens with zero attached hydrogens (tertiary/aromatic N) is 3. The third-order valence-electron chi connectivity index (χ3n) is 3.99. The van der Waals surface area contributed by atoms with Crippen LogP contribution in [-0.4, -0.2) is 28.2 Å². The maximum Gasteiger partial charge on any atom is 0.232 e. The van der Waals surface area contributed by atoms with Crippen molar-refractivity contribution in [2.75, 3.05) is 0 Å². The standard InChI is InChI=1S/C17H20N4O2S/c1-12(2)14-4-6-15(7-5-14)21-9-8-18-17(21)24(22,23)11-16-13(3)10-19-20-16/h4-10,12H,11H2,1-3H3,(H,19,20). The number of rotatable bonds is 5. The van der Waals surface area contributed by atoms with Crippen molar-refractivity contribution in [2.45, 2.75) is 37.6 Å². The molecule has 0 aliphatic rings. The molecule has 0 unspecified atom stereocenters. The van der Waals surface area contributed by atoms with Crippen LogP contribution < -0.4 is 0 Å². The van der Waals surface area contributed by atoms with Crippen molar-refractivity contribution in [3.05, 3.63) is 59.7 Å². The van der Waals surface area contributed by atoms with Gasteiger partial charge in [-0.2, -0.15) is 5.10 Å². The number of nitrogens with one attached hydrogen (secondary N) is 1. The quantitative estimate of drug-likeness (QED) is 0.771. The minimum absolute atomic E-state index is 0.0359. The lowest BCUT2D eigenvalue weighted by molar-refractivity contribution is 0.582. The van der Waals surface area contributed by atoms with Crippen LogP contribution in [0.4, 0.5) is 0 Å². The minimum Gasteiger partial charge on any atom is -0.291 e. The Hall–Kier alpha value is -2.41. The van der Waals surface area contributed by atoms with Crippen LogP contribution in [0.3, 0.4) is 0 Å². The molecule has 126 valence electrons. The number of sulfone groups is 1. The number of benzene rings is 1. The summed E-state index contributed by atoms with van der Waals surface area (Å²) in [7, 11) is -3.59. The summed E-state index contributed by atoms with van der Waals surface area (Å²) in [6.45, 7) is 6.06. The van der Waals surface area contributed by atoms with Gasteiger partial charge in [-0.1, -0.05) is 26.0 Å². The molecular weight excluding hydrogens is 324 g/mol. The van der Waals surface area contributed by atoms with E-state index in [0.29, 0.717) is 11.6 Å². The summed E-state index contributed by atoms with van der Waals surface area (Å²) in [6.07, 6.45) is 4.78. The van der Waals surface area contributed by atoms with Gasteiger partial charge in [-0.15, -0.1) is 0 Å². The molecule has 0 aliphatic carbocycles. The molecule has 0 saturated heterocycles. The molecule has 0 spiro atoms. The van der Waals surface area contributed by atoms with Crippen LogP contribution in [0.5, 0.6) is 0 Å². The Bertz CT molecular complexity index is 937. The number of hydrogen-bond acceptors (Lipinski definition) is 4. The first kappa shape index (κ1) is 16.4. The molecular formula is C17H20N4O2S. The maximum atomic E-state index is 12.8. The first-order valence-electron chi connectivity index (χ1n) is 7.74. The molecule has 0 aliphatic heterocycles. The van der Waals surface area contributed by atoms with Gasteiger partial charge in [0.05, 0.1) is 17.6 Å². The lowest BCUT2D eigenvalue weighted by Gasteiger charge is -2.10. The number of aromatic amines is 1. The largest absolute Gasteiger partial charge is 0.291 e. The Morgan fingerprint density at radius 3 is 2.50 bits per heavy atom. The summed E-state index contributed by atoms with van der Waals surface area (Å²) in [6, 6.07) is 7.85. The van der Waals surface area contributed by atoms with Gasteiger partial charge in [0.25, 0.3) is 0 Å². The summed E-state index contributed by atoms with van der Waals surface area (Å²) in [5.74, 6) is 0.272. The van der Waals surface area contributed by atoms with Crippen molar-refractivity contribution in [3.63, 3.8) is 0 Å². The third kappa shape index (κ3) is 3.12. The Labute approximate surface area is 141 Å². The van der Waals surface area contributed by atoms with E-state index in [1.807, 2.05) is 31.2 Å². The highest BCUT2D eigenvalue weighted by molar-refractivity contribution is 7.90. The first-order valence-corrected chi connectivity index (χ1v) is 9.39. The average molecular weight is 344 g/mol. The van der Waals surface area contributed by atoms with Crippen LogP contribution in [0.1, 0.15) is 36.6 Å². The van der Waals surface area contributed by atoms with Crippen LogP contribution in [-0.2, 0) is 15.6 Å². The van der Waals surface area contributed by atoms with E-state index in [0.717, 1.165) is 11.3 Å². The second kappa shape index (κ2) is 6.24. The van der Waals surface area contributed by atoms with E-state index in [4.69, 9.17) is 0 Å². The number of aryl methyl sites for hydroxylation is 1. The molecule has 7 heteroatoms. The van der Waals surface area contributed by atoms with E-state index in [1.54, 1.807) is 17.0 Å². The molecule has 0 radical (unpaired) electrons. The summed E-state index contributed by atoms with van der Waals surface area (Å²) < 4.78 is 27.1. The first-order chi connectivity index (χ1) is 11.4. The summed E-state index contributed by atoms with van der Waals surface area (Å²) in [4.78, 5) is 4.07. The maximum absolute atomic E-state index is 12.8. The van der Waals surface area contributed by atoms with Gasteiger partial charge in [0, 0.05) is 18.1 Å². The Morgan fingerprint density at radius 2 is 1.92 bits per heavy atom. The predicted molar refractivity (Wildman–Crippen MR) is 91.9 cm³/mol. The SMILES string of the molecule is Cc1cn[nH]c1CS(=O)(=O)c1nccn1-c1ccc(C(C)C)cc1. The lowest BCUT2D eigenvalue weighted by atomic mass is 10.0. The van der Waals surface area contributed by atoms with Gasteiger partial charge in [-0.3, -0.25) is 9.67 Å². The average Bonchev–Trinajstić information content (AvgIpc) is 3.17. The van der Waals surface area contributed by atoms with Crippen LogP contribution in [0.25, 0.3) is 5.69 Å². The third-order valence-corrected chi connectivity index (χ3v) is 5.52. The topological polar surface area (TPSA) is 80.6 Å². The number of hydrogen-bond donors (Lipinski definition) is 1. The van der Waals surface area contributed by atoms with Crippen LogP contribution in [0.15, 0.2) is 48.0 Å². The van der Waals surface area contributed by atoms with Gasteiger partial charge in [-0.25, -0.2) is 13.4 Å². The molecule has 1 N–H and O–H groups in total. The van der Waals surface area contributed by atoms with Gasteiger partial charge in [0.2, 0.25) is 15.0 Å². The fraction of sp³-hybridized carbons (Fsp3) is 0.294. The molecule has 0 fully saturated rings. The zero-order chi connectivity index (χ0) is 17.3. The molecule has 2 aromatic heterocycles. The minimum atomic E-state index is -3.59. The fourth-order valence-corrected chi connectivity index (χ4v) is 4.00. The Morgan fingerprint density at radius 1 is 1.21 bits per heavy atom. The van der Waals surface area contributed by atoms with Gasteiger partial charge in [-0.05, 0) is 36.1 Å². The van der Waals surface area contributed by atoms with E-state index in [2.05, 4.69) is 29.0 Å². The molecule has 6 nitrogen and oxygen atoms in total. The smallest absolute Gasteiger partial charge is 0.232 e. The van der Waals surface area contributed by atoms with E-state index in [9.17, 15) is 8.42 Å². The number of imidazole rings is 1. The van der Waals surface area contributed by atoms with Crippen LogP contribution in [0, 0.1) is 6.92 Å². The van der Waals surface area contributed by atoms with Crippen molar-refractivity contribution in [2.24, 2.45) is 0 Å². The molecule has 0 saturated carbocycles. The zero-order valence-corrected chi connectivity index (χ0v) is 14.7. The molecule has 24 heavy (non-hydrogen) atoms. The van der Waals surface area contributed by atoms with E-state index < -0.39 is 9.84 Å². The highest BCUT2D eigenvalue weighted by atomic mass is 32.2. The highest BCUT2D eigenvalue weighted by Crippen LogP contribution is 2.21. The second-order valence-electron chi connectivity index (χ2n) is 6.12. The number of aromatic nitrogens is 4. The lowest BCUT2D eigenvalue weighted by Crippen LogP contribution is -2.12. The molecule has 0 bridgehead atoms. The molecule has 1 aromatic carbocycles. The summed E-state index contributed by atoms with van der Waals surface area (Å²) >= 11 is 0. The normalized spacial score (nSPS) is 12.0. The highest BCUT2D eigenvalue weighted by Gasteiger charge is 2.23. The molecule has 3 aromatic rings. The Balaban J connectivity index is 1.96. The molecule has 3 rings (SSSR count). The van der Waals surface area contributed by atoms with Gasteiger partial charge >= 0.3 is 0 Å². The van der Waals surface area contributed by atoms with Gasteiger partial charge in [0.15, 0.2) is 0 Å². The van der Waals surface area contributed by atoms with Crippen molar-refractivity contribution in [1.29, 1.82) is 0 Å². The molecule has 0 amide bonds. The molecule has 2 heterocycles. The number of H-pyrrole nitrogens is 1. The zero-order valence-electron chi connectivity index (χ0n) is 13.9. The fourth-order valence-electron chi connectivity index (χ4n) is 2.51. The van der Waals surface area contributed by atoms with Crippen molar-refractivity contribution >= 4 is 9.84 Å². The Kier molecular flexibility index (Phi) is 4.28. The van der Waals surface area contributed by atoms with Gasteiger partial charge in [0.1, 0.15) is 0 Å². The van der Waals surface area contributed by atoms with Gasteiger partial charge < -0.3 is 0 Å². The van der Waals surface area contributed by atoms with E-state index in [1.165, 1.54) is 11.8 Å². The molecule has 0 atom stereocenters. The predicted octanol–water partition coefficient (Wildman–Crippen LogP) is 3.00. The summed E-state index contributed by atoms with van der Waals surface area (Å²) in [5, 5.41) is 6.65. The van der Waals surface area contributed by atoms with Crippen molar-refractivity contribution in [1.82, 2.24) is 19.7 Å². The van der Waals surface area contributed by atoms with Crippen LogP contribution >= 0.6 is 0 Å². The van der Waals surface area contributed by atoms with Crippen LogP contribution in [0.2, 0.25) is 0 Å². The second-order valence-corrected chi connectivity index (χ2v) is 8.00. The monoisotopic (exact) mass is 344 g/mol. The van der Waals surface area contributed by atoms with Crippen molar-refractivity contribution < 1.29 is 8.42 Å².